The highest BCUT2D eigenvalue weighted by atomic mass is 16.3. The molecule has 1 amide bonds. The first-order valence-corrected chi connectivity index (χ1v) is 7.54. The van der Waals surface area contributed by atoms with Crippen molar-refractivity contribution >= 4 is 16.8 Å². The van der Waals surface area contributed by atoms with Crippen molar-refractivity contribution in [2.24, 2.45) is 18.9 Å². The smallest absolute Gasteiger partial charge is 0.275 e. The third kappa shape index (κ3) is 1.87. The molecule has 1 saturated heterocycles. The number of nitrogens with zero attached hydrogens (tertiary/aromatic N) is 3. The van der Waals surface area contributed by atoms with Gasteiger partial charge in [0, 0.05) is 31.4 Å². The summed E-state index contributed by atoms with van der Waals surface area (Å²) in [6.07, 6.45) is 1.66. The Morgan fingerprint density at radius 3 is 2.90 bits per heavy atom. The van der Waals surface area contributed by atoms with Gasteiger partial charge in [-0.25, -0.2) is 0 Å². The monoisotopic (exact) mass is 285 g/mol. The van der Waals surface area contributed by atoms with E-state index in [0.717, 1.165) is 30.3 Å². The van der Waals surface area contributed by atoms with Crippen molar-refractivity contribution in [3.05, 3.63) is 30.0 Å². The number of likely N-dealkylation sites (tertiary alicyclic amines) is 1. The van der Waals surface area contributed by atoms with E-state index in [1.807, 2.05) is 36.2 Å². The Balaban J connectivity index is 1.66. The molecule has 21 heavy (non-hydrogen) atoms. The fourth-order valence-electron chi connectivity index (χ4n) is 3.92. The molecule has 1 N–H and O–H groups in total. The molecular weight excluding hydrogens is 266 g/mol. The number of hydrogen-bond acceptors (Lipinski definition) is 3. The van der Waals surface area contributed by atoms with Gasteiger partial charge in [0.1, 0.15) is 0 Å². The summed E-state index contributed by atoms with van der Waals surface area (Å²) in [7, 11) is 1.86. The molecule has 5 heteroatoms. The molecular formula is C16H19N3O2. The molecule has 1 aromatic heterocycles. The largest absolute Gasteiger partial charge is 0.393 e. The normalized spacial score (nSPS) is 28.3. The van der Waals surface area contributed by atoms with E-state index in [4.69, 9.17) is 0 Å². The maximum Gasteiger partial charge on any atom is 0.275 e. The molecule has 2 fully saturated rings. The number of para-hydroxylation sites is 1. The molecule has 110 valence electrons. The number of hydrogen-bond donors (Lipinski definition) is 1. The van der Waals surface area contributed by atoms with Crippen molar-refractivity contribution in [2.75, 3.05) is 13.1 Å². The van der Waals surface area contributed by atoms with Crippen LogP contribution in [-0.2, 0) is 7.05 Å². The van der Waals surface area contributed by atoms with E-state index >= 15 is 0 Å². The predicted octanol–water partition coefficient (Wildman–Crippen LogP) is 1.42. The Labute approximate surface area is 123 Å². The van der Waals surface area contributed by atoms with Crippen LogP contribution < -0.4 is 0 Å². The van der Waals surface area contributed by atoms with Crippen LogP contribution in [0.1, 0.15) is 23.3 Å². The lowest BCUT2D eigenvalue weighted by Gasteiger charge is -2.17. The topological polar surface area (TPSA) is 58.4 Å². The van der Waals surface area contributed by atoms with Crippen LogP contribution in [0.4, 0.5) is 0 Å². The van der Waals surface area contributed by atoms with Crippen LogP contribution >= 0.6 is 0 Å². The average Bonchev–Trinajstić information content (AvgIpc) is 3.15. The van der Waals surface area contributed by atoms with Crippen LogP contribution in [0, 0.1) is 11.8 Å². The summed E-state index contributed by atoms with van der Waals surface area (Å²) in [6, 6.07) is 7.81. The lowest BCUT2D eigenvalue weighted by Crippen LogP contribution is -2.31. The molecule has 1 aliphatic heterocycles. The van der Waals surface area contributed by atoms with E-state index in [1.54, 1.807) is 4.68 Å². The van der Waals surface area contributed by atoms with Crippen LogP contribution in [0.15, 0.2) is 24.3 Å². The first-order chi connectivity index (χ1) is 10.1. The minimum absolute atomic E-state index is 0.00611. The van der Waals surface area contributed by atoms with Gasteiger partial charge in [-0.3, -0.25) is 9.48 Å². The fourth-order valence-corrected chi connectivity index (χ4v) is 3.92. The highest BCUT2D eigenvalue weighted by Crippen LogP contribution is 2.38. The highest BCUT2D eigenvalue weighted by molar-refractivity contribution is 6.04. The molecule has 2 aromatic rings. The first-order valence-electron chi connectivity index (χ1n) is 7.54. The molecule has 4 rings (SSSR count). The number of benzene rings is 1. The zero-order valence-corrected chi connectivity index (χ0v) is 12.1. The van der Waals surface area contributed by atoms with Crippen molar-refractivity contribution in [1.82, 2.24) is 14.7 Å². The second-order valence-electron chi connectivity index (χ2n) is 6.27. The Morgan fingerprint density at radius 1 is 1.29 bits per heavy atom. The first kappa shape index (κ1) is 12.8. The van der Waals surface area contributed by atoms with Crippen LogP contribution in [0.2, 0.25) is 0 Å². The van der Waals surface area contributed by atoms with Gasteiger partial charge in [0.25, 0.3) is 5.91 Å². The van der Waals surface area contributed by atoms with Crippen molar-refractivity contribution in [3.63, 3.8) is 0 Å². The summed E-state index contributed by atoms with van der Waals surface area (Å²) in [5.74, 6) is 0.705. The van der Waals surface area contributed by atoms with Crippen molar-refractivity contribution in [2.45, 2.75) is 18.9 Å². The van der Waals surface area contributed by atoms with E-state index in [9.17, 15) is 9.90 Å². The molecule has 2 aliphatic rings. The summed E-state index contributed by atoms with van der Waals surface area (Å²) in [5, 5.41) is 15.3. The van der Waals surface area contributed by atoms with Gasteiger partial charge in [-0.2, -0.15) is 5.10 Å². The van der Waals surface area contributed by atoms with Gasteiger partial charge in [0.2, 0.25) is 0 Å². The molecule has 5 nitrogen and oxygen atoms in total. The zero-order valence-electron chi connectivity index (χ0n) is 12.1. The molecule has 0 bridgehead atoms. The minimum Gasteiger partial charge on any atom is -0.393 e. The molecule has 1 saturated carbocycles. The van der Waals surface area contributed by atoms with E-state index in [0.29, 0.717) is 18.2 Å². The number of aryl methyl sites for hydroxylation is 1. The van der Waals surface area contributed by atoms with Crippen LogP contribution in [0.3, 0.4) is 0 Å². The molecule has 3 unspecified atom stereocenters. The van der Waals surface area contributed by atoms with E-state index in [-0.39, 0.29) is 17.9 Å². The van der Waals surface area contributed by atoms with Crippen LogP contribution in [0.5, 0.6) is 0 Å². The molecule has 1 aliphatic carbocycles. The molecule has 1 aromatic carbocycles. The highest BCUT2D eigenvalue weighted by Gasteiger charge is 2.43. The van der Waals surface area contributed by atoms with Gasteiger partial charge >= 0.3 is 0 Å². The third-order valence-electron chi connectivity index (χ3n) is 5.07. The van der Waals surface area contributed by atoms with Gasteiger partial charge in [-0.05, 0) is 24.8 Å². The quantitative estimate of drug-likeness (QED) is 0.862. The number of carbonyl (C=O) groups excluding carboxylic acids is 1. The number of carbonyl (C=O) groups is 1. The summed E-state index contributed by atoms with van der Waals surface area (Å²) in [6.45, 7) is 1.42. The van der Waals surface area contributed by atoms with Gasteiger partial charge in [0.15, 0.2) is 5.69 Å². The fraction of sp³-hybridized carbons (Fsp3) is 0.500. The molecule has 2 heterocycles. The average molecular weight is 285 g/mol. The van der Waals surface area contributed by atoms with Crippen LogP contribution in [0.25, 0.3) is 10.9 Å². The standard InChI is InChI=1S/C16H19N3O2/c1-18-13-5-3-2-4-11(13)15(17-18)16(21)19-8-10-6-7-14(20)12(10)9-19/h2-5,10,12,14,20H,6-9H2,1H3. The van der Waals surface area contributed by atoms with Crippen molar-refractivity contribution in [3.8, 4) is 0 Å². The van der Waals surface area contributed by atoms with E-state index in [1.165, 1.54) is 0 Å². The van der Waals surface area contributed by atoms with E-state index in [2.05, 4.69) is 5.10 Å². The maximum atomic E-state index is 12.8. The molecule has 0 spiro atoms. The van der Waals surface area contributed by atoms with Gasteiger partial charge in [-0.15, -0.1) is 0 Å². The number of aliphatic hydroxyl groups excluding tert-OH is 1. The summed E-state index contributed by atoms with van der Waals surface area (Å²) < 4.78 is 1.76. The van der Waals surface area contributed by atoms with Gasteiger partial charge in [0.05, 0.1) is 11.6 Å². The van der Waals surface area contributed by atoms with E-state index < -0.39 is 0 Å². The van der Waals surface area contributed by atoms with Crippen molar-refractivity contribution < 1.29 is 9.90 Å². The van der Waals surface area contributed by atoms with Crippen LogP contribution in [-0.4, -0.2) is 44.9 Å². The Morgan fingerprint density at radius 2 is 2.10 bits per heavy atom. The molecule has 0 radical (unpaired) electrons. The third-order valence-corrected chi connectivity index (χ3v) is 5.07. The maximum absolute atomic E-state index is 12.8. The van der Waals surface area contributed by atoms with Gasteiger partial charge in [-0.1, -0.05) is 18.2 Å². The number of rotatable bonds is 1. The number of aliphatic hydroxyl groups is 1. The zero-order chi connectivity index (χ0) is 14.6. The lowest BCUT2D eigenvalue weighted by atomic mass is 10.00. The number of fused-ring (bicyclic) bond motifs is 2. The Hall–Kier alpha value is -1.88. The second-order valence-corrected chi connectivity index (χ2v) is 6.27. The SMILES string of the molecule is Cn1nc(C(=O)N2CC3CCC(O)C3C2)c2ccccc21. The summed E-state index contributed by atoms with van der Waals surface area (Å²) in [5.41, 5.74) is 1.50. The molecule has 3 atom stereocenters. The number of amides is 1. The summed E-state index contributed by atoms with van der Waals surface area (Å²) in [4.78, 5) is 14.6. The predicted molar refractivity (Wildman–Crippen MR) is 78.8 cm³/mol. The Kier molecular flexibility index (Phi) is 2.79. The lowest BCUT2D eigenvalue weighted by molar-refractivity contribution is 0.0747. The van der Waals surface area contributed by atoms with Crippen molar-refractivity contribution in [1.29, 1.82) is 0 Å². The minimum atomic E-state index is -0.242. The van der Waals surface area contributed by atoms with Gasteiger partial charge < -0.3 is 10.0 Å². The second kappa shape index (κ2) is 4.56. The summed E-state index contributed by atoms with van der Waals surface area (Å²) >= 11 is 0. The Bertz CT molecular complexity index is 709. The number of aromatic nitrogens is 2.